The van der Waals surface area contributed by atoms with Crippen molar-refractivity contribution in [3.05, 3.63) is 53.7 Å². The molecule has 2 heterocycles. The Morgan fingerprint density at radius 2 is 1.94 bits per heavy atom. The molecule has 0 unspecified atom stereocenters. The van der Waals surface area contributed by atoms with E-state index in [2.05, 4.69) is 30.6 Å². The van der Waals surface area contributed by atoms with E-state index in [1.807, 2.05) is 0 Å². The average molecular weight is 496 g/mol. The summed E-state index contributed by atoms with van der Waals surface area (Å²) in [5.41, 5.74) is 6.55. The number of nitrogens with two attached hydrogens (primary N) is 2. The van der Waals surface area contributed by atoms with Gasteiger partial charge in [-0.25, -0.2) is 5.84 Å². The summed E-state index contributed by atoms with van der Waals surface area (Å²) in [5, 5.41) is 14.3. The summed E-state index contributed by atoms with van der Waals surface area (Å²) in [6, 6.07) is 5.86. The van der Waals surface area contributed by atoms with Gasteiger partial charge in [-0.3, -0.25) is 14.6 Å². The maximum atomic E-state index is 12.3. The van der Waals surface area contributed by atoms with Gasteiger partial charge < -0.3 is 26.1 Å². The monoisotopic (exact) mass is 496 g/mol. The lowest BCUT2D eigenvalue weighted by Gasteiger charge is -2.14. The van der Waals surface area contributed by atoms with E-state index in [0.29, 0.717) is 25.1 Å². The van der Waals surface area contributed by atoms with Crippen LogP contribution < -0.4 is 26.9 Å². The summed E-state index contributed by atoms with van der Waals surface area (Å²) in [6.07, 6.45) is 0.0696. The van der Waals surface area contributed by atoms with Crippen molar-refractivity contribution in [2.45, 2.75) is 31.9 Å². The number of hydrogen-bond acceptors (Lipinski definition) is 9. The highest BCUT2D eigenvalue weighted by Gasteiger charge is 2.28. The number of aromatic nitrogens is 3. The molecule has 0 aliphatic rings. The van der Waals surface area contributed by atoms with Gasteiger partial charge in [-0.2, -0.15) is 18.3 Å². The number of hydrogen-bond donors (Lipinski definition) is 4. The maximum Gasteiger partial charge on any atom is 0.422 e. The van der Waals surface area contributed by atoms with Crippen molar-refractivity contribution in [3.63, 3.8) is 0 Å². The Labute approximate surface area is 199 Å². The van der Waals surface area contributed by atoms with E-state index < -0.39 is 24.6 Å². The zero-order valence-corrected chi connectivity index (χ0v) is 19.0. The molecule has 2 aromatic rings. The first kappa shape index (κ1) is 27.3. The number of unbranched alkanes of at least 4 members (excludes halogenated alkanes) is 1. The third-order valence-corrected chi connectivity index (χ3v) is 4.41. The minimum Gasteiger partial charge on any atom is -0.484 e. The zero-order chi connectivity index (χ0) is 25.8. The zero-order valence-electron chi connectivity index (χ0n) is 19.0. The summed E-state index contributed by atoms with van der Waals surface area (Å²) in [6.45, 7) is -0.950. The van der Waals surface area contributed by atoms with Gasteiger partial charge >= 0.3 is 6.18 Å². The fourth-order valence-corrected chi connectivity index (χ4v) is 2.77. The number of ether oxygens (including phenoxy) is 1. The molecule has 0 spiro atoms. The predicted octanol–water partition coefficient (Wildman–Crippen LogP) is 1.04. The highest BCUT2D eigenvalue weighted by atomic mass is 19.4. The molecule has 11 nitrogen and oxygen atoms in total. The lowest BCUT2D eigenvalue weighted by molar-refractivity contribution is -0.153. The summed E-state index contributed by atoms with van der Waals surface area (Å²) >= 11 is 0. The molecule has 0 aliphatic heterocycles. The number of alkyl halides is 3. The van der Waals surface area contributed by atoms with Crippen molar-refractivity contribution in [2.75, 3.05) is 25.5 Å². The smallest absolute Gasteiger partial charge is 0.422 e. The van der Waals surface area contributed by atoms with Crippen LogP contribution in [0.4, 0.5) is 19.0 Å². The summed E-state index contributed by atoms with van der Waals surface area (Å²) in [4.78, 5) is 27.5. The van der Waals surface area contributed by atoms with Crippen LogP contribution in [0.15, 0.2) is 42.4 Å². The Balaban J connectivity index is 1.76. The topological polar surface area (TPSA) is 161 Å². The minimum absolute atomic E-state index is 0.0109. The first-order valence-electron chi connectivity index (χ1n) is 10.5. The van der Waals surface area contributed by atoms with Crippen LogP contribution in [-0.4, -0.2) is 58.4 Å². The molecule has 0 saturated heterocycles. The molecular weight excluding hydrogens is 469 g/mol. The lowest BCUT2D eigenvalue weighted by Crippen LogP contribution is -2.32. The molecule has 0 aliphatic carbocycles. The first-order chi connectivity index (χ1) is 16.6. The molecule has 0 saturated carbocycles. The Kier molecular flexibility index (Phi) is 10.2. The average Bonchev–Trinajstić information content (AvgIpc) is 2.80. The molecule has 14 heteroatoms. The number of halogens is 3. The molecule has 0 aromatic carbocycles. The van der Waals surface area contributed by atoms with E-state index in [1.165, 1.54) is 36.6 Å². The van der Waals surface area contributed by atoms with Crippen LogP contribution in [-0.2, 0) is 22.4 Å². The van der Waals surface area contributed by atoms with Gasteiger partial charge in [-0.05, 0) is 37.5 Å². The van der Waals surface area contributed by atoms with Crippen LogP contribution in [0, 0.1) is 0 Å². The fraction of sp³-hybridized carbons (Fsp3) is 0.381. The number of aryl methyl sites for hydroxylation is 1. The Hall–Kier alpha value is -3.94. The second-order valence-corrected chi connectivity index (χ2v) is 7.38. The van der Waals surface area contributed by atoms with E-state index in [-0.39, 0.29) is 29.4 Å². The second-order valence-electron chi connectivity index (χ2n) is 7.38. The number of nitrogens with zero attached hydrogens (tertiary/aromatic N) is 4. The van der Waals surface area contributed by atoms with E-state index >= 15 is 0 Å². The van der Waals surface area contributed by atoms with Gasteiger partial charge in [0.1, 0.15) is 11.4 Å². The summed E-state index contributed by atoms with van der Waals surface area (Å²) < 4.78 is 41.5. The number of rotatable bonds is 12. The first-order valence-corrected chi connectivity index (χ1v) is 10.5. The van der Waals surface area contributed by atoms with Gasteiger partial charge in [0.05, 0.1) is 17.8 Å². The number of likely N-dealkylation sites (N-methyl/N-ethyl adjacent to an activating group) is 1. The van der Waals surface area contributed by atoms with E-state index in [4.69, 9.17) is 11.6 Å². The number of amides is 2. The number of anilines is 1. The number of pyridine rings is 1. The standard InChI is InChI=1S/C21H27F3N8O3/c1-27-20(34)17(25)12-32(26)9-3-2-4-14-5-6-18(31-30-14)29-19(33)11-15-10-16(7-8-28-15)35-13-21(22,23)24/h5-8,10,12H,2-4,9,11,13,25-26H2,1H3,(H,27,34)(H,29,31,33)/b17-12-. The Morgan fingerprint density at radius 3 is 2.60 bits per heavy atom. The van der Waals surface area contributed by atoms with Crippen molar-refractivity contribution in [2.24, 2.45) is 11.6 Å². The molecule has 2 aromatic heterocycles. The third-order valence-electron chi connectivity index (χ3n) is 4.41. The SMILES string of the molecule is CNC(=O)/C(N)=C/N(N)CCCCc1ccc(NC(=O)Cc2cc(OCC(F)(F)F)ccn2)nn1. The maximum absolute atomic E-state index is 12.3. The quantitative estimate of drug-likeness (QED) is 0.146. The van der Waals surface area contributed by atoms with Crippen LogP contribution in [0.5, 0.6) is 5.75 Å². The Morgan fingerprint density at radius 1 is 1.17 bits per heavy atom. The van der Waals surface area contributed by atoms with Gasteiger partial charge in [-0.1, -0.05) is 0 Å². The van der Waals surface area contributed by atoms with Crippen LogP contribution in [0.2, 0.25) is 0 Å². The fourth-order valence-electron chi connectivity index (χ4n) is 2.77. The van der Waals surface area contributed by atoms with E-state index in [9.17, 15) is 22.8 Å². The van der Waals surface area contributed by atoms with E-state index in [0.717, 1.165) is 6.42 Å². The highest BCUT2D eigenvalue weighted by molar-refractivity contribution is 5.92. The van der Waals surface area contributed by atoms with Crippen molar-refractivity contribution >= 4 is 17.6 Å². The minimum atomic E-state index is -4.46. The van der Waals surface area contributed by atoms with Crippen LogP contribution >= 0.6 is 0 Å². The molecule has 2 amide bonds. The number of carbonyl (C=O) groups excluding carboxylic acids is 2. The van der Waals surface area contributed by atoms with E-state index in [1.54, 1.807) is 12.1 Å². The predicted molar refractivity (Wildman–Crippen MR) is 120 cm³/mol. The normalized spacial score (nSPS) is 11.6. The molecule has 0 radical (unpaired) electrons. The van der Waals surface area contributed by atoms with Crippen LogP contribution in [0.25, 0.3) is 0 Å². The lowest BCUT2D eigenvalue weighted by atomic mass is 10.2. The molecule has 35 heavy (non-hydrogen) atoms. The molecule has 0 bridgehead atoms. The molecule has 6 N–H and O–H groups in total. The van der Waals surface area contributed by atoms with Gasteiger partial charge in [0, 0.05) is 32.1 Å². The molecule has 0 fully saturated rings. The van der Waals surface area contributed by atoms with Gasteiger partial charge in [-0.15, -0.1) is 5.10 Å². The van der Waals surface area contributed by atoms with Crippen LogP contribution in [0.3, 0.4) is 0 Å². The number of nitrogens with one attached hydrogen (secondary N) is 2. The summed E-state index contributed by atoms with van der Waals surface area (Å²) in [7, 11) is 1.47. The highest BCUT2D eigenvalue weighted by Crippen LogP contribution is 2.19. The van der Waals surface area contributed by atoms with Crippen molar-refractivity contribution in [3.8, 4) is 5.75 Å². The van der Waals surface area contributed by atoms with Crippen LogP contribution in [0.1, 0.15) is 24.2 Å². The Bertz CT molecular complexity index is 1020. The van der Waals surface area contributed by atoms with Gasteiger partial charge in [0.25, 0.3) is 5.91 Å². The second kappa shape index (κ2) is 13.1. The molecule has 190 valence electrons. The van der Waals surface area contributed by atoms with Crippen molar-refractivity contribution in [1.29, 1.82) is 0 Å². The number of hydrazine groups is 1. The van der Waals surface area contributed by atoms with Crippen molar-refractivity contribution < 1.29 is 27.5 Å². The van der Waals surface area contributed by atoms with Crippen molar-refractivity contribution in [1.82, 2.24) is 25.5 Å². The largest absolute Gasteiger partial charge is 0.484 e. The molecular formula is C21H27F3N8O3. The molecule has 2 rings (SSSR count). The number of carbonyl (C=O) groups is 2. The van der Waals surface area contributed by atoms with Gasteiger partial charge in [0.15, 0.2) is 12.4 Å². The van der Waals surface area contributed by atoms with Gasteiger partial charge in [0.2, 0.25) is 5.91 Å². The molecule has 0 atom stereocenters. The summed E-state index contributed by atoms with van der Waals surface area (Å²) in [5.74, 6) is 5.10. The third kappa shape index (κ3) is 10.7.